The highest BCUT2D eigenvalue weighted by atomic mass is 16.7. The molecule has 1 fully saturated rings. The second-order valence-corrected chi connectivity index (χ2v) is 8.84. The summed E-state index contributed by atoms with van der Waals surface area (Å²) in [6, 6.07) is -0.393. The van der Waals surface area contributed by atoms with Crippen LogP contribution in [0.1, 0.15) is 39.0 Å². The first-order valence-corrected chi connectivity index (χ1v) is 12.3. The molecule has 16 nitrogen and oxygen atoms in total. The van der Waals surface area contributed by atoms with Gasteiger partial charge in [-0.1, -0.05) is 0 Å². The maximum absolute atomic E-state index is 11.7. The van der Waals surface area contributed by atoms with Gasteiger partial charge in [-0.2, -0.15) is 0 Å². The van der Waals surface area contributed by atoms with E-state index in [0.717, 1.165) is 4.90 Å². The summed E-state index contributed by atoms with van der Waals surface area (Å²) in [7, 11) is 0. The molecule has 0 aromatic heterocycles. The molecule has 16 heteroatoms. The summed E-state index contributed by atoms with van der Waals surface area (Å²) in [6.07, 6.45) is -1.65. The van der Waals surface area contributed by atoms with Crippen LogP contribution in [0, 0.1) is 0 Å². The molecular weight excluding hydrogens is 508 g/mol. The van der Waals surface area contributed by atoms with Gasteiger partial charge in [-0.3, -0.25) is 45.3 Å². The van der Waals surface area contributed by atoms with Crippen molar-refractivity contribution in [2.24, 2.45) is 0 Å². The van der Waals surface area contributed by atoms with Gasteiger partial charge in [0.2, 0.25) is 0 Å². The summed E-state index contributed by atoms with van der Waals surface area (Å²) in [5.74, 6) is -2.77. The molecule has 214 valence electrons. The maximum Gasteiger partial charge on any atom is 0.334 e. The van der Waals surface area contributed by atoms with Crippen molar-refractivity contribution in [3.63, 3.8) is 0 Å². The number of hydrogen-bond acceptors (Lipinski definition) is 14. The minimum absolute atomic E-state index is 0.00785. The summed E-state index contributed by atoms with van der Waals surface area (Å²) in [5, 5.41) is 50.8. The molecule has 2 rings (SSSR count). The van der Waals surface area contributed by atoms with E-state index in [2.05, 4.69) is 21.3 Å². The standard InChI is InChI=1S/C22H36N6O10/c1-13(27-18(33)4-5-19(27)34)2-3-14(29)24-11-16(31)26-12-17(32)25-10-15(30)23-9-8-22(37)38-28-20(35)6-7-21(28)36/h4-5,13-17,23-26,29-32H,2-3,6-12H2,1H3. The van der Waals surface area contributed by atoms with Gasteiger partial charge in [0.15, 0.2) is 0 Å². The topological polar surface area (TPSA) is 230 Å². The summed E-state index contributed by atoms with van der Waals surface area (Å²) in [4.78, 5) is 63.6. The van der Waals surface area contributed by atoms with E-state index < -0.39 is 60.6 Å². The summed E-state index contributed by atoms with van der Waals surface area (Å²) in [6.45, 7) is 1.42. The zero-order valence-corrected chi connectivity index (χ0v) is 21.0. The molecule has 0 aromatic rings. The van der Waals surface area contributed by atoms with Crippen LogP contribution in [-0.4, -0.2) is 117 Å². The van der Waals surface area contributed by atoms with Gasteiger partial charge in [-0.15, -0.1) is 5.06 Å². The Hall–Kier alpha value is -2.83. The van der Waals surface area contributed by atoms with E-state index in [1.165, 1.54) is 12.2 Å². The van der Waals surface area contributed by atoms with E-state index in [4.69, 9.17) is 4.84 Å². The number of carbonyl (C=O) groups excluding carboxylic acids is 5. The fourth-order valence-corrected chi connectivity index (χ4v) is 3.58. The third-order valence-corrected chi connectivity index (χ3v) is 5.69. The molecule has 0 aliphatic carbocycles. The number of rotatable bonds is 18. The fraction of sp³-hybridized carbons (Fsp3) is 0.682. The Morgan fingerprint density at radius 2 is 1.29 bits per heavy atom. The van der Waals surface area contributed by atoms with Crippen LogP contribution in [0.5, 0.6) is 0 Å². The molecule has 8 N–H and O–H groups in total. The lowest BCUT2D eigenvalue weighted by Gasteiger charge is -2.24. The third kappa shape index (κ3) is 10.5. The Bertz CT molecular complexity index is 853. The minimum atomic E-state index is -1.15. The quantitative estimate of drug-likeness (QED) is 0.0603. The minimum Gasteiger partial charge on any atom is -0.379 e. The molecule has 2 heterocycles. The van der Waals surface area contributed by atoms with Gasteiger partial charge in [0.25, 0.3) is 23.6 Å². The average molecular weight is 545 g/mol. The summed E-state index contributed by atoms with van der Waals surface area (Å²) in [5.41, 5.74) is 0. The van der Waals surface area contributed by atoms with Crippen LogP contribution in [0.2, 0.25) is 0 Å². The largest absolute Gasteiger partial charge is 0.379 e. The van der Waals surface area contributed by atoms with Crippen LogP contribution in [0.25, 0.3) is 0 Å². The zero-order chi connectivity index (χ0) is 28.2. The van der Waals surface area contributed by atoms with E-state index in [1.54, 1.807) is 6.92 Å². The molecule has 0 bridgehead atoms. The molecule has 4 amide bonds. The summed E-state index contributed by atoms with van der Waals surface area (Å²) < 4.78 is 0. The Morgan fingerprint density at radius 1 is 0.816 bits per heavy atom. The second kappa shape index (κ2) is 15.6. The Balaban J connectivity index is 1.50. The molecule has 0 radical (unpaired) electrons. The van der Waals surface area contributed by atoms with Gasteiger partial charge >= 0.3 is 5.97 Å². The number of imide groups is 2. The van der Waals surface area contributed by atoms with Crippen molar-refractivity contribution < 1.29 is 49.2 Å². The normalized spacial score (nSPS) is 19.7. The lowest BCUT2D eigenvalue weighted by Crippen LogP contribution is -2.50. The highest BCUT2D eigenvalue weighted by Gasteiger charge is 2.32. The van der Waals surface area contributed by atoms with Gasteiger partial charge in [0, 0.05) is 57.2 Å². The van der Waals surface area contributed by atoms with Crippen molar-refractivity contribution in [2.45, 2.75) is 70.0 Å². The van der Waals surface area contributed by atoms with Gasteiger partial charge in [-0.05, 0) is 19.8 Å². The monoisotopic (exact) mass is 544 g/mol. The predicted octanol–water partition coefficient (Wildman–Crippen LogP) is -4.29. The van der Waals surface area contributed by atoms with Gasteiger partial charge in [0.05, 0.1) is 6.42 Å². The Morgan fingerprint density at radius 3 is 1.82 bits per heavy atom. The van der Waals surface area contributed by atoms with Crippen LogP contribution in [-0.2, 0) is 28.8 Å². The van der Waals surface area contributed by atoms with Crippen molar-refractivity contribution in [1.82, 2.24) is 31.2 Å². The number of amides is 4. The number of nitrogens with zero attached hydrogens (tertiary/aromatic N) is 2. The van der Waals surface area contributed by atoms with E-state index >= 15 is 0 Å². The second-order valence-electron chi connectivity index (χ2n) is 8.84. The first-order chi connectivity index (χ1) is 18.0. The fourth-order valence-electron chi connectivity index (χ4n) is 3.58. The number of hydroxylamine groups is 2. The number of nitrogens with one attached hydrogen (secondary N) is 4. The molecule has 0 saturated carbocycles. The number of aliphatic hydroxyl groups excluding tert-OH is 4. The average Bonchev–Trinajstić information content (AvgIpc) is 3.38. The molecule has 1 saturated heterocycles. The van der Waals surface area contributed by atoms with Crippen LogP contribution >= 0.6 is 0 Å². The van der Waals surface area contributed by atoms with Crippen LogP contribution < -0.4 is 21.3 Å². The summed E-state index contributed by atoms with van der Waals surface area (Å²) >= 11 is 0. The van der Waals surface area contributed by atoms with E-state index in [9.17, 15) is 44.4 Å². The highest BCUT2D eigenvalue weighted by molar-refractivity contribution is 6.13. The van der Waals surface area contributed by atoms with Gasteiger partial charge in [-0.25, -0.2) is 4.79 Å². The van der Waals surface area contributed by atoms with Crippen LogP contribution in [0.4, 0.5) is 0 Å². The first kappa shape index (κ1) is 31.4. The van der Waals surface area contributed by atoms with Crippen molar-refractivity contribution in [3.05, 3.63) is 12.2 Å². The molecule has 2 aliphatic rings. The third-order valence-electron chi connectivity index (χ3n) is 5.69. The smallest absolute Gasteiger partial charge is 0.334 e. The molecule has 38 heavy (non-hydrogen) atoms. The number of hydrogen-bond donors (Lipinski definition) is 8. The van der Waals surface area contributed by atoms with Crippen molar-refractivity contribution in [1.29, 1.82) is 0 Å². The molecular formula is C22H36N6O10. The van der Waals surface area contributed by atoms with Crippen molar-refractivity contribution in [2.75, 3.05) is 26.2 Å². The van der Waals surface area contributed by atoms with Crippen molar-refractivity contribution in [3.8, 4) is 0 Å². The van der Waals surface area contributed by atoms with E-state index in [0.29, 0.717) is 11.5 Å². The predicted molar refractivity (Wildman–Crippen MR) is 128 cm³/mol. The Kier molecular flexibility index (Phi) is 12.8. The zero-order valence-electron chi connectivity index (χ0n) is 21.0. The molecule has 5 unspecified atom stereocenters. The van der Waals surface area contributed by atoms with E-state index in [-0.39, 0.29) is 51.9 Å². The lowest BCUT2D eigenvalue weighted by atomic mass is 10.1. The molecule has 0 aromatic carbocycles. The van der Waals surface area contributed by atoms with E-state index in [1.807, 2.05) is 0 Å². The highest BCUT2D eigenvalue weighted by Crippen LogP contribution is 2.14. The molecule has 2 aliphatic heterocycles. The van der Waals surface area contributed by atoms with Crippen LogP contribution in [0.3, 0.4) is 0 Å². The lowest BCUT2D eigenvalue weighted by molar-refractivity contribution is -0.197. The van der Waals surface area contributed by atoms with Crippen LogP contribution in [0.15, 0.2) is 12.2 Å². The molecule has 5 atom stereocenters. The number of carbonyl (C=O) groups is 5. The van der Waals surface area contributed by atoms with Crippen molar-refractivity contribution >= 4 is 29.6 Å². The van der Waals surface area contributed by atoms with Gasteiger partial charge in [0.1, 0.15) is 24.9 Å². The maximum atomic E-state index is 11.7. The SMILES string of the molecule is CC(CCC(O)NCC(O)NCC(O)NCC(O)NCCC(=O)ON1C(=O)CCC1=O)N1C(=O)C=CC1=O. The molecule has 0 spiro atoms. The Labute approximate surface area is 218 Å². The first-order valence-electron chi connectivity index (χ1n) is 12.3. The van der Waals surface area contributed by atoms with Gasteiger partial charge < -0.3 is 25.3 Å². The number of aliphatic hydroxyl groups is 4.